The number of rotatable bonds is 1. The number of ether oxygens (including phenoxy) is 2. The maximum absolute atomic E-state index is 12.4. The zero-order valence-corrected chi connectivity index (χ0v) is 7.95. The number of cyclic esters (lactones) is 2. The van der Waals surface area contributed by atoms with Crippen LogP contribution < -0.4 is 0 Å². The van der Waals surface area contributed by atoms with Gasteiger partial charge < -0.3 is 9.47 Å². The van der Waals surface area contributed by atoms with Gasteiger partial charge in [0.2, 0.25) is 0 Å². The summed E-state index contributed by atoms with van der Waals surface area (Å²) in [4.78, 5) is 10.6. The zero-order chi connectivity index (χ0) is 11.8. The summed E-state index contributed by atoms with van der Waals surface area (Å²) in [6.45, 7) is -0.0554. The summed E-state index contributed by atoms with van der Waals surface area (Å²) in [5.74, 6) is 0. The molecule has 86 valence electrons. The van der Waals surface area contributed by atoms with E-state index in [0.717, 1.165) is 12.1 Å². The van der Waals surface area contributed by atoms with Crippen molar-refractivity contribution in [1.82, 2.24) is 0 Å². The van der Waals surface area contributed by atoms with Crippen LogP contribution in [-0.4, -0.2) is 12.8 Å². The van der Waals surface area contributed by atoms with Crippen molar-refractivity contribution >= 4 is 6.16 Å². The van der Waals surface area contributed by atoms with Crippen LogP contribution in [0.4, 0.5) is 18.0 Å². The quantitative estimate of drug-likeness (QED) is 0.698. The number of halogens is 3. The molecule has 1 aliphatic heterocycles. The molecule has 0 saturated carbocycles. The molecule has 2 rings (SSSR count). The lowest BCUT2D eigenvalue weighted by atomic mass is 10.1. The van der Waals surface area contributed by atoms with E-state index >= 15 is 0 Å². The molecule has 1 atom stereocenters. The number of alkyl halides is 3. The Morgan fingerprint density at radius 1 is 1.31 bits per heavy atom. The van der Waals surface area contributed by atoms with Crippen LogP contribution in [0.1, 0.15) is 17.2 Å². The molecule has 1 saturated heterocycles. The standard InChI is InChI=1S/C10H7F3O3/c11-10(12,13)7-3-1-2-6(4-7)8-5-15-9(14)16-8/h1-4,8H,5H2. The first-order chi connectivity index (χ1) is 7.47. The Bertz CT molecular complexity index is 414. The largest absolute Gasteiger partial charge is 0.509 e. The molecule has 6 heteroatoms. The summed E-state index contributed by atoms with van der Waals surface area (Å²) in [6, 6.07) is 4.64. The summed E-state index contributed by atoms with van der Waals surface area (Å²) >= 11 is 0. The Morgan fingerprint density at radius 3 is 2.62 bits per heavy atom. The fourth-order valence-electron chi connectivity index (χ4n) is 1.41. The predicted molar refractivity (Wildman–Crippen MR) is 46.6 cm³/mol. The predicted octanol–water partition coefficient (Wildman–Crippen LogP) is 2.91. The topological polar surface area (TPSA) is 35.5 Å². The monoisotopic (exact) mass is 232 g/mol. The van der Waals surface area contributed by atoms with Crippen LogP contribution in [-0.2, 0) is 15.7 Å². The maximum atomic E-state index is 12.4. The number of hydrogen-bond donors (Lipinski definition) is 0. The van der Waals surface area contributed by atoms with Gasteiger partial charge in [0.05, 0.1) is 5.56 Å². The van der Waals surface area contributed by atoms with Gasteiger partial charge in [-0.3, -0.25) is 0 Å². The highest BCUT2D eigenvalue weighted by Crippen LogP contribution is 2.32. The minimum absolute atomic E-state index is 0.0554. The molecule has 1 unspecified atom stereocenters. The molecule has 0 aromatic heterocycles. The molecule has 0 spiro atoms. The van der Waals surface area contributed by atoms with Crippen molar-refractivity contribution in [2.45, 2.75) is 12.3 Å². The lowest BCUT2D eigenvalue weighted by Gasteiger charge is -2.10. The molecule has 1 aromatic rings. The van der Waals surface area contributed by atoms with Gasteiger partial charge in [-0.15, -0.1) is 0 Å². The van der Waals surface area contributed by atoms with Crippen LogP contribution in [0.3, 0.4) is 0 Å². The molecule has 0 amide bonds. The molecule has 16 heavy (non-hydrogen) atoms. The second-order valence-corrected chi connectivity index (χ2v) is 3.29. The summed E-state index contributed by atoms with van der Waals surface area (Å²) in [5, 5.41) is 0. The van der Waals surface area contributed by atoms with Crippen molar-refractivity contribution in [3.8, 4) is 0 Å². The highest BCUT2D eigenvalue weighted by atomic mass is 19.4. The van der Waals surface area contributed by atoms with Crippen LogP contribution in [0.15, 0.2) is 24.3 Å². The van der Waals surface area contributed by atoms with Crippen LogP contribution >= 0.6 is 0 Å². The van der Waals surface area contributed by atoms with Crippen LogP contribution in [0, 0.1) is 0 Å². The smallest absolute Gasteiger partial charge is 0.430 e. The molecular formula is C10H7F3O3. The lowest BCUT2D eigenvalue weighted by molar-refractivity contribution is -0.137. The van der Waals surface area contributed by atoms with Gasteiger partial charge in [-0.05, 0) is 17.7 Å². The Labute approximate surface area is 88.8 Å². The van der Waals surface area contributed by atoms with E-state index in [1.54, 1.807) is 0 Å². The maximum Gasteiger partial charge on any atom is 0.509 e. The van der Waals surface area contributed by atoms with E-state index in [1.165, 1.54) is 12.1 Å². The van der Waals surface area contributed by atoms with Crippen molar-refractivity contribution in [3.63, 3.8) is 0 Å². The number of hydrogen-bond acceptors (Lipinski definition) is 3. The van der Waals surface area contributed by atoms with E-state index in [1.807, 2.05) is 0 Å². The Morgan fingerprint density at radius 2 is 2.06 bits per heavy atom. The fourth-order valence-corrected chi connectivity index (χ4v) is 1.41. The second-order valence-electron chi connectivity index (χ2n) is 3.29. The third kappa shape index (κ3) is 2.10. The molecule has 0 aliphatic carbocycles. The first-order valence-electron chi connectivity index (χ1n) is 4.47. The third-order valence-electron chi connectivity index (χ3n) is 2.18. The van der Waals surface area contributed by atoms with Crippen molar-refractivity contribution in [3.05, 3.63) is 35.4 Å². The Hall–Kier alpha value is -1.72. The van der Waals surface area contributed by atoms with Gasteiger partial charge in [0.25, 0.3) is 0 Å². The van der Waals surface area contributed by atoms with E-state index in [2.05, 4.69) is 9.47 Å². The first-order valence-corrected chi connectivity index (χ1v) is 4.47. The molecular weight excluding hydrogens is 225 g/mol. The number of benzene rings is 1. The molecule has 0 radical (unpaired) electrons. The van der Waals surface area contributed by atoms with Gasteiger partial charge in [-0.1, -0.05) is 12.1 Å². The Balaban J connectivity index is 2.26. The number of carbonyl (C=O) groups excluding carboxylic acids is 1. The SMILES string of the molecule is O=C1OCC(c2cccc(C(F)(F)F)c2)O1. The second kappa shape index (κ2) is 3.70. The van der Waals surface area contributed by atoms with Gasteiger partial charge in [0, 0.05) is 0 Å². The first kappa shape index (κ1) is 10.8. The summed E-state index contributed by atoms with van der Waals surface area (Å²) in [5.41, 5.74) is -0.492. The van der Waals surface area contributed by atoms with E-state index in [4.69, 9.17) is 0 Å². The van der Waals surface area contributed by atoms with Crippen LogP contribution in [0.2, 0.25) is 0 Å². The molecule has 0 N–H and O–H groups in total. The minimum atomic E-state index is -4.40. The average Bonchev–Trinajstić information content (AvgIpc) is 2.64. The van der Waals surface area contributed by atoms with E-state index in [0.29, 0.717) is 0 Å². The molecule has 1 heterocycles. The van der Waals surface area contributed by atoms with Gasteiger partial charge in [0.15, 0.2) is 6.10 Å². The summed E-state index contributed by atoms with van der Waals surface area (Å²) in [6.07, 6.45) is -6.02. The van der Waals surface area contributed by atoms with E-state index < -0.39 is 24.0 Å². The van der Waals surface area contributed by atoms with Gasteiger partial charge in [-0.2, -0.15) is 13.2 Å². The summed E-state index contributed by atoms with van der Waals surface area (Å²) in [7, 11) is 0. The molecule has 1 fully saturated rings. The Kier molecular flexibility index (Phi) is 2.49. The highest BCUT2D eigenvalue weighted by molar-refractivity contribution is 5.62. The van der Waals surface area contributed by atoms with Crippen LogP contribution in [0.25, 0.3) is 0 Å². The molecule has 0 bridgehead atoms. The summed E-state index contributed by atoms with van der Waals surface area (Å²) < 4.78 is 46.4. The third-order valence-corrected chi connectivity index (χ3v) is 2.18. The number of carbonyl (C=O) groups is 1. The average molecular weight is 232 g/mol. The molecule has 3 nitrogen and oxygen atoms in total. The highest BCUT2D eigenvalue weighted by Gasteiger charge is 2.33. The fraction of sp³-hybridized carbons (Fsp3) is 0.300. The normalized spacial score (nSPS) is 20.4. The molecule has 1 aromatic carbocycles. The van der Waals surface area contributed by atoms with E-state index in [9.17, 15) is 18.0 Å². The van der Waals surface area contributed by atoms with Crippen molar-refractivity contribution in [2.75, 3.05) is 6.61 Å². The van der Waals surface area contributed by atoms with Crippen molar-refractivity contribution in [2.24, 2.45) is 0 Å². The molecule has 1 aliphatic rings. The van der Waals surface area contributed by atoms with Crippen LogP contribution in [0.5, 0.6) is 0 Å². The van der Waals surface area contributed by atoms with Crippen molar-refractivity contribution < 1.29 is 27.4 Å². The zero-order valence-electron chi connectivity index (χ0n) is 7.95. The minimum Gasteiger partial charge on any atom is -0.430 e. The lowest BCUT2D eigenvalue weighted by Crippen LogP contribution is -2.07. The van der Waals surface area contributed by atoms with Gasteiger partial charge in [0.1, 0.15) is 6.61 Å². The van der Waals surface area contributed by atoms with Gasteiger partial charge >= 0.3 is 12.3 Å². The van der Waals surface area contributed by atoms with Gasteiger partial charge in [-0.25, -0.2) is 4.79 Å². The van der Waals surface area contributed by atoms with Crippen molar-refractivity contribution in [1.29, 1.82) is 0 Å². The van der Waals surface area contributed by atoms with E-state index in [-0.39, 0.29) is 12.2 Å².